The summed E-state index contributed by atoms with van der Waals surface area (Å²) in [5.74, 6) is -2.28. The monoisotopic (exact) mass is 394 g/mol. The number of carbonyl (C=O) groups is 2. The van der Waals surface area contributed by atoms with Crippen molar-refractivity contribution in [3.63, 3.8) is 0 Å². The second-order valence-electron chi connectivity index (χ2n) is 6.18. The minimum Gasteiger partial charge on any atom is -0.481 e. The van der Waals surface area contributed by atoms with Gasteiger partial charge in [-0.3, -0.25) is 19.5 Å². The molecule has 0 fully saturated rings. The van der Waals surface area contributed by atoms with Crippen molar-refractivity contribution < 1.29 is 19.1 Å². The third-order valence-electron chi connectivity index (χ3n) is 4.18. The van der Waals surface area contributed by atoms with E-state index in [2.05, 4.69) is 10.4 Å². The quantitative estimate of drug-likeness (QED) is 0.590. The molecule has 2 aromatic carbocycles. The number of carbonyl (C=O) groups excluding carboxylic acids is 1. The molecule has 1 amide bonds. The smallest absolute Gasteiger partial charge is 0.305 e. The van der Waals surface area contributed by atoms with Gasteiger partial charge in [-0.25, -0.2) is 9.07 Å². The molecule has 146 valence electrons. The maximum Gasteiger partial charge on any atom is 0.305 e. The van der Waals surface area contributed by atoms with Crippen molar-refractivity contribution in [2.45, 2.75) is 12.5 Å². The fourth-order valence-electron chi connectivity index (χ4n) is 2.75. The highest BCUT2D eigenvalue weighted by Gasteiger charge is 2.21. The summed E-state index contributed by atoms with van der Waals surface area (Å²) < 4.78 is 14.1. The number of carboxylic acid groups (broad SMARTS) is 1. The van der Waals surface area contributed by atoms with Gasteiger partial charge < -0.3 is 10.4 Å². The van der Waals surface area contributed by atoms with Crippen molar-refractivity contribution in [2.24, 2.45) is 0 Å². The molecule has 0 radical (unpaired) electrons. The van der Waals surface area contributed by atoms with Gasteiger partial charge in [0.15, 0.2) is 0 Å². The fourth-order valence-corrected chi connectivity index (χ4v) is 2.75. The number of halogens is 1. The number of nitrogens with one attached hydrogen (secondary N) is 2. The van der Waals surface area contributed by atoms with Crippen LogP contribution in [-0.2, 0) is 4.79 Å². The molecule has 0 bridgehead atoms. The first-order valence-electron chi connectivity index (χ1n) is 8.48. The summed E-state index contributed by atoms with van der Waals surface area (Å²) in [7, 11) is 0. The van der Waals surface area contributed by atoms with E-state index in [0.717, 1.165) is 10.7 Å². The molecule has 1 atom stereocenters. The van der Waals surface area contributed by atoms with Crippen LogP contribution in [0.25, 0.3) is 5.69 Å². The number of hydrogen-bond acceptors (Lipinski definition) is 4. The van der Waals surface area contributed by atoms with Gasteiger partial charge in [0.2, 0.25) is 0 Å². The molecule has 0 aliphatic carbocycles. The average Bonchev–Trinajstić information content (AvgIpc) is 3.09. The number of nitriles is 1. The number of aliphatic carboxylic acids is 1. The molecular formula is C20H15FN4O4. The molecule has 29 heavy (non-hydrogen) atoms. The van der Waals surface area contributed by atoms with E-state index in [-0.39, 0.29) is 12.1 Å². The highest BCUT2D eigenvalue weighted by Crippen LogP contribution is 2.18. The molecule has 1 heterocycles. The normalized spacial score (nSPS) is 11.4. The lowest BCUT2D eigenvalue weighted by molar-refractivity contribution is -0.137. The lowest BCUT2D eigenvalue weighted by Gasteiger charge is -2.17. The highest BCUT2D eigenvalue weighted by atomic mass is 19.1. The zero-order valence-corrected chi connectivity index (χ0v) is 14.9. The summed E-state index contributed by atoms with van der Waals surface area (Å²) in [6.07, 6.45) is -0.388. The first kappa shape index (κ1) is 19.6. The van der Waals surface area contributed by atoms with Gasteiger partial charge in [0, 0.05) is 6.07 Å². The number of nitrogens with zero attached hydrogens (tertiary/aromatic N) is 2. The Labute approximate surface area is 163 Å². The molecule has 0 saturated heterocycles. The Balaban J connectivity index is 1.85. The van der Waals surface area contributed by atoms with Gasteiger partial charge in [0.25, 0.3) is 11.5 Å². The summed E-state index contributed by atoms with van der Waals surface area (Å²) in [4.78, 5) is 35.9. The second kappa shape index (κ2) is 8.22. The number of benzene rings is 2. The molecule has 0 spiro atoms. The largest absolute Gasteiger partial charge is 0.481 e. The molecular weight excluding hydrogens is 379 g/mol. The molecule has 9 heteroatoms. The number of H-pyrrole nitrogens is 1. The van der Waals surface area contributed by atoms with Crippen LogP contribution < -0.4 is 10.9 Å². The first-order valence-corrected chi connectivity index (χ1v) is 8.48. The van der Waals surface area contributed by atoms with E-state index < -0.39 is 29.3 Å². The Morgan fingerprint density at radius 3 is 2.41 bits per heavy atom. The van der Waals surface area contributed by atoms with E-state index in [0.29, 0.717) is 16.8 Å². The minimum atomic E-state index is -1.13. The number of aromatic amines is 1. The van der Waals surface area contributed by atoms with E-state index >= 15 is 0 Å². The van der Waals surface area contributed by atoms with Crippen LogP contribution in [0.4, 0.5) is 4.39 Å². The van der Waals surface area contributed by atoms with Crippen LogP contribution in [0.3, 0.4) is 0 Å². The lowest BCUT2D eigenvalue weighted by Crippen LogP contribution is -2.30. The summed E-state index contributed by atoms with van der Waals surface area (Å²) in [5, 5.41) is 23.2. The molecule has 8 nitrogen and oxygen atoms in total. The molecule has 0 aliphatic heterocycles. The predicted octanol–water partition coefficient (Wildman–Crippen LogP) is 2.12. The Hall–Kier alpha value is -4.19. The standard InChI is InChI=1S/C20H15FN4O4/c21-14-5-7-15(8-6-14)25-18(26)9-17(24-25)20(29)23-16(10-19(27)28)13-3-1-12(11-22)2-4-13/h1-9,16,24H,10H2,(H,23,29)(H,27,28)/t16-/m0/s1. The number of hydrogen-bond donors (Lipinski definition) is 3. The fraction of sp³-hybridized carbons (Fsp3) is 0.100. The van der Waals surface area contributed by atoms with Gasteiger partial charge >= 0.3 is 5.97 Å². The minimum absolute atomic E-state index is 0.0802. The molecule has 3 rings (SSSR count). The zero-order chi connectivity index (χ0) is 21.0. The third kappa shape index (κ3) is 4.56. The van der Waals surface area contributed by atoms with Crippen LogP contribution in [0.2, 0.25) is 0 Å². The molecule has 3 N–H and O–H groups in total. The van der Waals surface area contributed by atoms with E-state index in [1.165, 1.54) is 36.4 Å². The van der Waals surface area contributed by atoms with Gasteiger partial charge in [-0.2, -0.15) is 5.26 Å². The number of rotatable bonds is 6. The van der Waals surface area contributed by atoms with Crippen molar-refractivity contribution in [3.05, 3.63) is 87.6 Å². The zero-order valence-electron chi connectivity index (χ0n) is 14.9. The van der Waals surface area contributed by atoms with Crippen LogP contribution in [0.1, 0.15) is 34.1 Å². The molecule has 0 aliphatic rings. The van der Waals surface area contributed by atoms with Crippen molar-refractivity contribution in [2.75, 3.05) is 0 Å². The average molecular weight is 394 g/mol. The third-order valence-corrected chi connectivity index (χ3v) is 4.18. The lowest BCUT2D eigenvalue weighted by atomic mass is 10.0. The summed E-state index contributed by atoms with van der Waals surface area (Å²) >= 11 is 0. The molecule has 0 saturated carbocycles. The van der Waals surface area contributed by atoms with Gasteiger partial charge in [-0.05, 0) is 42.0 Å². The van der Waals surface area contributed by atoms with Crippen LogP contribution >= 0.6 is 0 Å². The van der Waals surface area contributed by atoms with Crippen LogP contribution in [-0.4, -0.2) is 26.8 Å². The van der Waals surface area contributed by atoms with Crippen LogP contribution in [0, 0.1) is 17.1 Å². The van der Waals surface area contributed by atoms with E-state index in [9.17, 15) is 18.8 Å². The Morgan fingerprint density at radius 1 is 1.17 bits per heavy atom. The number of amides is 1. The van der Waals surface area contributed by atoms with E-state index in [4.69, 9.17) is 10.4 Å². The van der Waals surface area contributed by atoms with E-state index in [1.54, 1.807) is 12.1 Å². The van der Waals surface area contributed by atoms with Gasteiger partial charge in [-0.1, -0.05) is 12.1 Å². The summed E-state index contributed by atoms with van der Waals surface area (Å²) in [5.41, 5.74) is 0.623. The topological polar surface area (TPSA) is 128 Å². The molecule has 1 aromatic heterocycles. The highest BCUT2D eigenvalue weighted by molar-refractivity contribution is 5.92. The van der Waals surface area contributed by atoms with Gasteiger partial charge in [0.1, 0.15) is 11.5 Å². The van der Waals surface area contributed by atoms with Crippen molar-refractivity contribution in [1.29, 1.82) is 5.26 Å². The summed E-state index contributed by atoms with van der Waals surface area (Å²) in [6, 6.07) is 13.4. The van der Waals surface area contributed by atoms with Crippen molar-refractivity contribution >= 4 is 11.9 Å². The number of carboxylic acids is 1. The van der Waals surface area contributed by atoms with Crippen LogP contribution in [0.5, 0.6) is 0 Å². The Bertz CT molecular complexity index is 1140. The van der Waals surface area contributed by atoms with Crippen LogP contribution in [0.15, 0.2) is 59.4 Å². The van der Waals surface area contributed by atoms with Crippen molar-refractivity contribution in [3.8, 4) is 11.8 Å². The SMILES string of the molecule is N#Cc1ccc([C@H](CC(=O)O)NC(=O)c2cc(=O)n(-c3ccc(F)cc3)[nH]2)cc1. The molecule has 3 aromatic rings. The Morgan fingerprint density at radius 2 is 1.83 bits per heavy atom. The Kier molecular flexibility index (Phi) is 5.55. The summed E-state index contributed by atoms with van der Waals surface area (Å²) in [6.45, 7) is 0. The number of aromatic nitrogens is 2. The maximum atomic E-state index is 13.1. The van der Waals surface area contributed by atoms with Gasteiger partial charge in [0.05, 0.1) is 29.8 Å². The maximum absolute atomic E-state index is 13.1. The first-order chi connectivity index (χ1) is 13.9. The van der Waals surface area contributed by atoms with E-state index in [1.807, 2.05) is 6.07 Å². The molecule has 0 unspecified atom stereocenters. The second-order valence-corrected chi connectivity index (χ2v) is 6.18. The predicted molar refractivity (Wildman–Crippen MR) is 100.0 cm³/mol. The van der Waals surface area contributed by atoms with Crippen molar-refractivity contribution in [1.82, 2.24) is 15.1 Å². The van der Waals surface area contributed by atoms with Gasteiger partial charge in [-0.15, -0.1) is 0 Å².